The molecule has 0 radical (unpaired) electrons. The maximum absolute atomic E-state index is 6.35. The quantitative estimate of drug-likeness (QED) is 0.926. The van der Waals surface area contributed by atoms with Crippen LogP contribution in [0, 0.1) is 11.3 Å². The minimum Gasteiger partial charge on any atom is -0.327 e. The molecule has 1 heterocycles. The molecule has 2 atom stereocenters. The number of hydrogen-bond acceptors (Lipinski definition) is 2. The Labute approximate surface area is 122 Å². The Bertz CT molecular complexity index is 577. The summed E-state index contributed by atoms with van der Waals surface area (Å²) in [4.78, 5) is 0. The molecule has 0 fully saturated rings. The van der Waals surface area contributed by atoms with Gasteiger partial charge in [-0.2, -0.15) is 5.10 Å². The Morgan fingerprint density at radius 3 is 2.55 bits per heavy atom. The van der Waals surface area contributed by atoms with Gasteiger partial charge in [0.1, 0.15) is 0 Å². The fourth-order valence-corrected chi connectivity index (χ4v) is 2.58. The lowest BCUT2D eigenvalue weighted by Crippen LogP contribution is -2.30. The zero-order chi connectivity index (χ0) is 14.9. The molecule has 3 heteroatoms. The van der Waals surface area contributed by atoms with Gasteiger partial charge < -0.3 is 5.73 Å². The maximum Gasteiger partial charge on any atom is 0.0718 e. The number of para-hydroxylation sites is 1. The molecule has 2 rings (SSSR count). The Balaban J connectivity index is 2.12. The number of nitrogens with zero attached hydrogens (tertiary/aromatic N) is 2. The van der Waals surface area contributed by atoms with E-state index >= 15 is 0 Å². The minimum atomic E-state index is 0.169. The predicted octanol–water partition coefficient (Wildman–Crippen LogP) is 3.52. The van der Waals surface area contributed by atoms with Gasteiger partial charge in [0.15, 0.2) is 0 Å². The van der Waals surface area contributed by atoms with E-state index in [9.17, 15) is 0 Å². The molecule has 2 aromatic rings. The summed E-state index contributed by atoms with van der Waals surface area (Å²) in [6.45, 7) is 9.12. The Morgan fingerprint density at radius 1 is 1.25 bits per heavy atom. The number of rotatable bonds is 4. The number of aromatic nitrogens is 2. The lowest BCUT2D eigenvalue weighted by Gasteiger charge is -2.29. The van der Waals surface area contributed by atoms with Crippen molar-refractivity contribution in [1.82, 2.24) is 9.78 Å². The van der Waals surface area contributed by atoms with Gasteiger partial charge in [0.05, 0.1) is 11.2 Å². The number of benzene rings is 1. The van der Waals surface area contributed by atoms with Crippen molar-refractivity contribution in [3.8, 4) is 0 Å². The summed E-state index contributed by atoms with van der Waals surface area (Å²) in [5.74, 6) is 0.604. The first-order chi connectivity index (χ1) is 9.29. The van der Waals surface area contributed by atoms with Crippen LogP contribution >= 0.6 is 0 Å². The summed E-state index contributed by atoms with van der Waals surface area (Å²) >= 11 is 0. The molecule has 110 valence electrons. The molecule has 1 aromatic heterocycles. The van der Waals surface area contributed by atoms with Crippen LogP contribution in [0.3, 0.4) is 0 Å². The second-order valence-corrected chi connectivity index (χ2v) is 7.05. The molecule has 0 aliphatic heterocycles. The van der Waals surface area contributed by atoms with E-state index in [2.05, 4.69) is 57.1 Å². The molecule has 0 aliphatic rings. The second-order valence-electron chi connectivity index (χ2n) is 7.05. The van der Waals surface area contributed by atoms with Crippen LogP contribution in [0.4, 0.5) is 0 Å². The summed E-state index contributed by atoms with van der Waals surface area (Å²) in [6, 6.07) is 8.53. The van der Waals surface area contributed by atoms with E-state index in [0.717, 1.165) is 18.5 Å². The highest BCUT2D eigenvalue weighted by molar-refractivity contribution is 5.81. The first-order valence-electron chi connectivity index (χ1n) is 7.45. The normalized spacial score (nSPS) is 15.5. The van der Waals surface area contributed by atoms with Crippen LogP contribution < -0.4 is 5.73 Å². The number of fused-ring (bicyclic) bond motifs is 1. The third-order valence-electron chi connectivity index (χ3n) is 4.42. The average molecular weight is 273 g/mol. The standard InChI is InChI=1S/C17H27N3/c1-12(17(2,3)4)10-13(18)11-15-14-8-6-7-9-16(14)20(5)19-15/h6-9,12-13H,10-11,18H2,1-5H3. The molecular weight excluding hydrogens is 246 g/mol. The summed E-state index contributed by atoms with van der Waals surface area (Å²) in [6.07, 6.45) is 1.89. The van der Waals surface area contributed by atoms with Crippen LogP contribution in [-0.4, -0.2) is 15.8 Å². The van der Waals surface area contributed by atoms with E-state index in [0.29, 0.717) is 11.3 Å². The van der Waals surface area contributed by atoms with E-state index in [4.69, 9.17) is 5.73 Å². The lowest BCUT2D eigenvalue weighted by molar-refractivity contribution is 0.232. The van der Waals surface area contributed by atoms with Crippen LogP contribution in [0.2, 0.25) is 0 Å². The van der Waals surface area contributed by atoms with E-state index in [1.165, 1.54) is 10.9 Å². The molecule has 2 N–H and O–H groups in total. The summed E-state index contributed by atoms with van der Waals surface area (Å²) in [5, 5.41) is 5.87. The molecule has 20 heavy (non-hydrogen) atoms. The zero-order valence-corrected chi connectivity index (χ0v) is 13.4. The van der Waals surface area contributed by atoms with Gasteiger partial charge in [-0.15, -0.1) is 0 Å². The van der Waals surface area contributed by atoms with E-state index in [-0.39, 0.29) is 6.04 Å². The van der Waals surface area contributed by atoms with Gasteiger partial charge in [-0.05, 0) is 23.8 Å². The van der Waals surface area contributed by atoms with Crippen LogP contribution in [0.1, 0.15) is 39.8 Å². The monoisotopic (exact) mass is 273 g/mol. The SMILES string of the molecule is CC(CC(N)Cc1nn(C)c2ccccc12)C(C)(C)C. The average Bonchev–Trinajstić information content (AvgIpc) is 2.66. The number of aryl methyl sites for hydroxylation is 1. The highest BCUT2D eigenvalue weighted by Gasteiger charge is 2.23. The van der Waals surface area contributed by atoms with Crippen LogP contribution in [0.25, 0.3) is 10.9 Å². The van der Waals surface area contributed by atoms with Crippen molar-refractivity contribution in [1.29, 1.82) is 0 Å². The van der Waals surface area contributed by atoms with E-state index in [1.54, 1.807) is 0 Å². The van der Waals surface area contributed by atoms with Crippen LogP contribution in [0.15, 0.2) is 24.3 Å². The highest BCUT2D eigenvalue weighted by Crippen LogP contribution is 2.29. The Hall–Kier alpha value is -1.35. The van der Waals surface area contributed by atoms with Crippen molar-refractivity contribution in [2.75, 3.05) is 0 Å². The second kappa shape index (κ2) is 5.57. The minimum absolute atomic E-state index is 0.169. The van der Waals surface area contributed by atoms with Crippen molar-refractivity contribution in [2.45, 2.75) is 46.6 Å². The Morgan fingerprint density at radius 2 is 1.90 bits per heavy atom. The van der Waals surface area contributed by atoms with Crippen LogP contribution in [0.5, 0.6) is 0 Å². The van der Waals surface area contributed by atoms with Gasteiger partial charge >= 0.3 is 0 Å². The van der Waals surface area contributed by atoms with Gasteiger partial charge in [0, 0.05) is 24.9 Å². The molecule has 0 saturated heterocycles. The van der Waals surface area contributed by atoms with Gasteiger partial charge in [-0.25, -0.2) is 0 Å². The van der Waals surface area contributed by atoms with Gasteiger partial charge in [0.2, 0.25) is 0 Å². The van der Waals surface area contributed by atoms with Crippen molar-refractivity contribution < 1.29 is 0 Å². The predicted molar refractivity (Wildman–Crippen MR) is 85.6 cm³/mol. The van der Waals surface area contributed by atoms with E-state index in [1.807, 2.05) is 11.7 Å². The van der Waals surface area contributed by atoms with Gasteiger partial charge in [0.25, 0.3) is 0 Å². The largest absolute Gasteiger partial charge is 0.327 e. The van der Waals surface area contributed by atoms with Crippen molar-refractivity contribution in [3.05, 3.63) is 30.0 Å². The van der Waals surface area contributed by atoms with Crippen molar-refractivity contribution in [2.24, 2.45) is 24.1 Å². The maximum atomic E-state index is 6.35. The fourth-order valence-electron chi connectivity index (χ4n) is 2.58. The van der Waals surface area contributed by atoms with Crippen molar-refractivity contribution >= 4 is 10.9 Å². The Kier molecular flexibility index (Phi) is 4.19. The first-order valence-corrected chi connectivity index (χ1v) is 7.45. The molecule has 3 nitrogen and oxygen atoms in total. The number of nitrogens with two attached hydrogens (primary N) is 1. The molecular formula is C17H27N3. The van der Waals surface area contributed by atoms with Crippen molar-refractivity contribution in [3.63, 3.8) is 0 Å². The molecule has 0 amide bonds. The molecule has 0 spiro atoms. The number of hydrogen-bond donors (Lipinski definition) is 1. The lowest BCUT2D eigenvalue weighted by atomic mass is 9.78. The van der Waals surface area contributed by atoms with Gasteiger partial charge in [-0.3, -0.25) is 4.68 Å². The third kappa shape index (κ3) is 3.21. The molecule has 0 aliphatic carbocycles. The molecule has 2 unspecified atom stereocenters. The summed E-state index contributed by atoms with van der Waals surface area (Å²) in [5.41, 5.74) is 8.96. The molecule has 0 saturated carbocycles. The highest BCUT2D eigenvalue weighted by atomic mass is 15.3. The third-order valence-corrected chi connectivity index (χ3v) is 4.42. The topological polar surface area (TPSA) is 43.8 Å². The smallest absolute Gasteiger partial charge is 0.0718 e. The summed E-state index contributed by atoms with van der Waals surface area (Å²) < 4.78 is 1.95. The van der Waals surface area contributed by atoms with E-state index < -0.39 is 0 Å². The molecule has 0 bridgehead atoms. The fraction of sp³-hybridized carbons (Fsp3) is 0.588. The zero-order valence-electron chi connectivity index (χ0n) is 13.4. The summed E-state index contributed by atoms with van der Waals surface area (Å²) in [7, 11) is 2.00. The molecule has 1 aromatic carbocycles. The van der Waals surface area contributed by atoms with Gasteiger partial charge in [-0.1, -0.05) is 45.9 Å². The first kappa shape index (κ1) is 15.0. The van der Waals surface area contributed by atoms with Crippen LogP contribution in [-0.2, 0) is 13.5 Å².